The lowest BCUT2D eigenvalue weighted by Gasteiger charge is -2.42. The molecule has 1 aliphatic rings. The van der Waals surface area contributed by atoms with Crippen LogP contribution in [-0.2, 0) is 5.41 Å². The molecular formula is C32H24. The summed E-state index contributed by atoms with van der Waals surface area (Å²) in [5.74, 6) is 0.169. The highest BCUT2D eigenvalue weighted by molar-refractivity contribution is 5.81. The highest BCUT2D eigenvalue weighted by atomic mass is 14.5. The zero-order valence-corrected chi connectivity index (χ0v) is 17.9. The lowest BCUT2D eigenvalue weighted by Crippen LogP contribution is -2.36. The second-order valence-corrected chi connectivity index (χ2v) is 8.51. The summed E-state index contributed by atoms with van der Waals surface area (Å²) in [6.45, 7) is 0. The van der Waals surface area contributed by atoms with Crippen LogP contribution in [0.3, 0.4) is 0 Å². The zero-order valence-electron chi connectivity index (χ0n) is 17.9. The Bertz CT molecular complexity index is 1210. The van der Waals surface area contributed by atoms with Crippen molar-refractivity contribution in [3.8, 4) is 11.1 Å². The van der Waals surface area contributed by atoms with Gasteiger partial charge in [0.25, 0.3) is 0 Å². The molecule has 0 saturated carbocycles. The Morgan fingerprint density at radius 1 is 0.344 bits per heavy atom. The normalized spacial score (nSPS) is 12.9. The Hall–Kier alpha value is -3.90. The largest absolute Gasteiger partial charge is 0.0622 e. The molecule has 5 aromatic carbocycles. The molecule has 0 heterocycles. The molecule has 0 amide bonds. The van der Waals surface area contributed by atoms with Crippen molar-refractivity contribution in [2.45, 2.75) is 11.3 Å². The lowest BCUT2D eigenvalue weighted by atomic mass is 9.59. The van der Waals surface area contributed by atoms with Crippen LogP contribution in [0.15, 0.2) is 140 Å². The second kappa shape index (κ2) is 7.66. The van der Waals surface area contributed by atoms with Crippen molar-refractivity contribution in [3.05, 3.63) is 167 Å². The monoisotopic (exact) mass is 408 g/mol. The minimum absolute atomic E-state index is 0.169. The van der Waals surface area contributed by atoms with Crippen LogP contribution in [0.2, 0.25) is 0 Å². The lowest BCUT2D eigenvalue weighted by molar-refractivity contribution is 0.546. The van der Waals surface area contributed by atoms with E-state index in [1.807, 2.05) is 0 Å². The van der Waals surface area contributed by atoms with Crippen molar-refractivity contribution in [1.82, 2.24) is 0 Å². The van der Waals surface area contributed by atoms with Crippen LogP contribution in [-0.4, -0.2) is 0 Å². The number of benzene rings is 5. The van der Waals surface area contributed by atoms with Gasteiger partial charge in [-0.25, -0.2) is 0 Å². The molecule has 0 heteroatoms. The van der Waals surface area contributed by atoms with Crippen molar-refractivity contribution in [1.29, 1.82) is 0 Å². The van der Waals surface area contributed by atoms with Gasteiger partial charge in [0, 0.05) is 5.92 Å². The number of rotatable bonds is 4. The molecule has 0 atom stereocenters. The van der Waals surface area contributed by atoms with Gasteiger partial charge in [0.15, 0.2) is 0 Å². The van der Waals surface area contributed by atoms with Crippen LogP contribution in [0, 0.1) is 0 Å². The molecule has 32 heavy (non-hydrogen) atoms. The summed E-state index contributed by atoms with van der Waals surface area (Å²) in [7, 11) is 0. The third-order valence-corrected chi connectivity index (χ3v) is 6.95. The Morgan fingerprint density at radius 3 is 1.03 bits per heavy atom. The third-order valence-electron chi connectivity index (χ3n) is 6.95. The predicted molar refractivity (Wildman–Crippen MR) is 133 cm³/mol. The van der Waals surface area contributed by atoms with E-state index in [0.29, 0.717) is 0 Å². The Labute approximate surface area is 189 Å². The number of fused-ring (bicyclic) bond motifs is 3. The van der Waals surface area contributed by atoms with Crippen molar-refractivity contribution in [3.63, 3.8) is 0 Å². The highest BCUT2D eigenvalue weighted by Crippen LogP contribution is 2.58. The molecule has 0 fully saturated rings. The Morgan fingerprint density at radius 2 is 0.656 bits per heavy atom. The fraction of sp³-hybridized carbons (Fsp3) is 0.0625. The second-order valence-electron chi connectivity index (χ2n) is 8.51. The van der Waals surface area contributed by atoms with Crippen LogP contribution in [0.5, 0.6) is 0 Å². The van der Waals surface area contributed by atoms with Gasteiger partial charge in [0.1, 0.15) is 0 Å². The Kier molecular flexibility index (Phi) is 4.51. The third kappa shape index (κ3) is 2.70. The van der Waals surface area contributed by atoms with E-state index in [1.165, 1.54) is 38.9 Å². The molecule has 0 N–H and O–H groups in total. The average molecular weight is 409 g/mol. The van der Waals surface area contributed by atoms with Crippen molar-refractivity contribution < 1.29 is 0 Å². The topological polar surface area (TPSA) is 0 Å². The maximum atomic E-state index is 2.32. The van der Waals surface area contributed by atoms with Gasteiger partial charge >= 0.3 is 0 Å². The fourth-order valence-corrected chi connectivity index (χ4v) is 5.73. The molecule has 0 nitrogen and oxygen atoms in total. The molecule has 0 saturated heterocycles. The quantitative estimate of drug-likeness (QED) is 0.266. The van der Waals surface area contributed by atoms with E-state index >= 15 is 0 Å². The van der Waals surface area contributed by atoms with Crippen LogP contribution >= 0.6 is 0 Å². The first-order chi connectivity index (χ1) is 15.9. The maximum Gasteiger partial charge on any atom is 0.0560 e. The van der Waals surface area contributed by atoms with Gasteiger partial charge in [-0.05, 0) is 38.9 Å². The van der Waals surface area contributed by atoms with Gasteiger partial charge in [0.05, 0.1) is 5.41 Å². The maximum absolute atomic E-state index is 2.32. The molecule has 6 rings (SSSR count). The van der Waals surface area contributed by atoms with Gasteiger partial charge in [-0.15, -0.1) is 0 Å². The summed E-state index contributed by atoms with van der Waals surface area (Å²) in [5, 5.41) is 0. The summed E-state index contributed by atoms with van der Waals surface area (Å²) >= 11 is 0. The summed E-state index contributed by atoms with van der Waals surface area (Å²) in [6, 6.07) is 51.0. The predicted octanol–water partition coefficient (Wildman–Crippen LogP) is 7.83. The summed E-state index contributed by atoms with van der Waals surface area (Å²) in [5.41, 5.74) is 9.07. The van der Waals surface area contributed by atoms with Crippen molar-refractivity contribution in [2.24, 2.45) is 0 Å². The molecule has 0 aromatic heterocycles. The number of hydrogen-bond acceptors (Lipinski definition) is 0. The van der Waals surface area contributed by atoms with E-state index in [4.69, 9.17) is 0 Å². The van der Waals surface area contributed by atoms with E-state index in [9.17, 15) is 0 Å². The van der Waals surface area contributed by atoms with Crippen LogP contribution < -0.4 is 0 Å². The van der Waals surface area contributed by atoms with Crippen molar-refractivity contribution >= 4 is 0 Å². The van der Waals surface area contributed by atoms with Crippen LogP contribution in [0.1, 0.15) is 33.7 Å². The first-order valence-corrected chi connectivity index (χ1v) is 11.3. The molecule has 152 valence electrons. The molecule has 0 radical (unpaired) electrons. The molecule has 5 aromatic rings. The molecule has 1 aliphatic carbocycles. The summed E-state index contributed by atoms with van der Waals surface area (Å²) in [6.07, 6.45) is 0. The SMILES string of the molecule is c1ccc(C(c2ccccc2)(c2ccccc2)C2c3ccccc3-c3ccccc32)cc1. The van der Waals surface area contributed by atoms with E-state index in [0.717, 1.165) is 0 Å². The van der Waals surface area contributed by atoms with Gasteiger partial charge < -0.3 is 0 Å². The van der Waals surface area contributed by atoms with E-state index in [-0.39, 0.29) is 11.3 Å². The van der Waals surface area contributed by atoms with Gasteiger partial charge in [-0.2, -0.15) is 0 Å². The van der Waals surface area contributed by atoms with E-state index < -0.39 is 0 Å². The minimum Gasteiger partial charge on any atom is -0.0622 e. The highest BCUT2D eigenvalue weighted by Gasteiger charge is 2.48. The smallest absolute Gasteiger partial charge is 0.0560 e. The molecular weight excluding hydrogens is 384 g/mol. The Balaban J connectivity index is 1.79. The van der Waals surface area contributed by atoms with Gasteiger partial charge in [-0.3, -0.25) is 0 Å². The molecule has 0 aliphatic heterocycles. The minimum atomic E-state index is -0.355. The fourth-order valence-electron chi connectivity index (χ4n) is 5.73. The van der Waals surface area contributed by atoms with Gasteiger partial charge in [-0.1, -0.05) is 140 Å². The molecule has 0 spiro atoms. The number of hydrogen-bond donors (Lipinski definition) is 0. The average Bonchev–Trinajstić information content (AvgIpc) is 3.22. The van der Waals surface area contributed by atoms with E-state index in [2.05, 4.69) is 140 Å². The summed E-state index contributed by atoms with van der Waals surface area (Å²) in [4.78, 5) is 0. The van der Waals surface area contributed by atoms with Crippen LogP contribution in [0.4, 0.5) is 0 Å². The summed E-state index contributed by atoms with van der Waals surface area (Å²) < 4.78 is 0. The van der Waals surface area contributed by atoms with Crippen molar-refractivity contribution in [2.75, 3.05) is 0 Å². The van der Waals surface area contributed by atoms with Crippen LogP contribution in [0.25, 0.3) is 11.1 Å². The van der Waals surface area contributed by atoms with Gasteiger partial charge in [0.2, 0.25) is 0 Å². The molecule has 0 unspecified atom stereocenters. The van der Waals surface area contributed by atoms with E-state index in [1.54, 1.807) is 0 Å². The first-order valence-electron chi connectivity index (χ1n) is 11.3. The first kappa shape index (κ1) is 18.8. The molecule has 0 bridgehead atoms. The standard InChI is InChI=1S/C32H24/c1-4-14-24(15-5-1)32(25-16-6-2-7-17-25,26-18-8-3-9-19-26)31-29-22-12-10-20-27(29)28-21-11-13-23-30(28)31/h1-23,31H. The zero-order chi connectivity index (χ0) is 21.4.